The highest BCUT2D eigenvalue weighted by molar-refractivity contribution is 5.69. The van der Waals surface area contributed by atoms with Gasteiger partial charge in [0.15, 0.2) is 0 Å². The van der Waals surface area contributed by atoms with Gasteiger partial charge in [0, 0.05) is 23.5 Å². The second-order valence-corrected chi connectivity index (χ2v) is 4.50. The van der Waals surface area contributed by atoms with Crippen LogP contribution in [0.2, 0.25) is 0 Å². The first-order valence-electron chi connectivity index (χ1n) is 5.98. The number of aromatic nitrogens is 1. The minimum atomic E-state index is -0.347. The number of rotatable bonds is 4. The Hall–Kier alpha value is -1.97. The summed E-state index contributed by atoms with van der Waals surface area (Å²) < 4.78 is 19.1. The molecule has 3 nitrogen and oxygen atoms in total. The van der Waals surface area contributed by atoms with E-state index in [0.717, 1.165) is 30.5 Å². The van der Waals surface area contributed by atoms with E-state index in [1.165, 1.54) is 6.07 Å². The molecule has 0 N–H and O–H groups in total. The van der Waals surface area contributed by atoms with Gasteiger partial charge in [0.1, 0.15) is 23.6 Å². The van der Waals surface area contributed by atoms with Gasteiger partial charge in [-0.2, -0.15) is 0 Å². The summed E-state index contributed by atoms with van der Waals surface area (Å²) in [6.07, 6.45) is 3.14. The molecule has 0 aliphatic heterocycles. The van der Waals surface area contributed by atoms with Crippen LogP contribution in [0.25, 0.3) is 11.3 Å². The molecule has 1 heterocycles. The summed E-state index contributed by atoms with van der Waals surface area (Å²) in [6, 6.07) is 6.40. The standard InChI is InChI=1S/C14H12FNO2/c15-12-4-2-1-3-10(12)13-11(7-8-17)14(18-16-13)9-5-6-9/h1-4,8-9H,5-7H2. The number of hydrogen-bond donors (Lipinski definition) is 0. The van der Waals surface area contributed by atoms with Gasteiger partial charge in [-0.15, -0.1) is 0 Å². The minimum Gasteiger partial charge on any atom is -0.360 e. The lowest BCUT2D eigenvalue weighted by molar-refractivity contribution is -0.107. The van der Waals surface area contributed by atoms with Gasteiger partial charge in [-0.05, 0) is 25.0 Å². The lowest BCUT2D eigenvalue weighted by atomic mass is 10.0. The van der Waals surface area contributed by atoms with Crippen LogP contribution in [0.4, 0.5) is 4.39 Å². The number of hydrogen-bond acceptors (Lipinski definition) is 3. The number of benzene rings is 1. The van der Waals surface area contributed by atoms with Crippen molar-refractivity contribution < 1.29 is 13.7 Å². The van der Waals surface area contributed by atoms with Gasteiger partial charge in [0.25, 0.3) is 0 Å². The topological polar surface area (TPSA) is 43.1 Å². The highest BCUT2D eigenvalue weighted by Crippen LogP contribution is 2.44. The molecule has 0 bridgehead atoms. The Morgan fingerprint density at radius 3 is 2.83 bits per heavy atom. The summed E-state index contributed by atoms with van der Waals surface area (Å²) in [7, 11) is 0. The average molecular weight is 245 g/mol. The first kappa shape index (κ1) is 11.1. The van der Waals surface area contributed by atoms with Crippen LogP contribution in [-0.2, 0) is 11.2 Å². The van der Waals surface area contributed by atoms with Crippen molar-refractivity contribution in [3.05, 3.63) is 41.4 Å². The molecule has 1 saturated carbocycles. The Labute approximate surface area is 104 Å². The van der Waals surface area contributed by atoms with E-state index in [4.69, 9.17) is 4.52 Å². The summed E-state index contributed by atoms with van der Waals surface area (Å²) in [4.78, 5) is 10.8. The summed E-state index contributed by atoms with van der Waals surface area (Å²) in [5.74, 6) is 0.758. The Morgan fingerprint density at radius 1 is 1.39 bits per heavy atom. The highest BCUT2D eigenvalue weighted by Gasteiger charge is 2.32. The number of carbonyl (C=O) groups excluding carboxylic acids is 1. The van der Waals surface area contributed by atoms with Crippen LogP contribution in [0, 0.1) is 5.82 Å². The third-order valence-corrected chi connectivity index (χ3v) is 3.18. The van der Waals surface area contributed by atoms with Gasteiger partial charge in [-0.25, -0.2) is 4.39 Å². The van der Waals surface area contributed by atoms with E-state index in [1.54, 1.807) is 18.2 Å². The maximum atomic E-state index is 13.8. The lowest BCUT2D eigenvalue weighted by Crippen LogP contribution is -1.94. The van der Waals surface area contributed by atoms with E-state index in [2.05, 4.69) is 5.16 Å². The minimum absolute atomic E-state index is 0.221. The predicted molar refractivity (Wildman–Crippen MR) is 63.6 cm³/mol. The quantitative estimate of drug-likeness (QED) is 0.777. The Balaban J connectivity index is 2.11. The van der Waals surface area contributed by atoms with Crippen molar-refractivity contribution in [1.29, 1.82) is 0 Å². The molecule has 0 unspecified atom stereocenters. The van der Waals surface area contributed by atoms with Gasteiger partial charge in [-0.1, -0.05) is 17.3 Å². The lowest BCUT2D eigenvalue weighted by Gasteiger charge is -2.01. The van der Waals surface area contributed by atoms with E-state index in [9.17, 15) is 9.18 Å². The SMILES string of the molecule is O=CCc1c(-c2ccccc2F)noc1C1CC1. The largest absolute Gasteiger partial charge is 0.360 e. The highest BCUT2D eigenvalue weighted by atomic mass is 19.1. The smallest absolute Gasteiger partial charge is 0.144 e. The molecule has 3 rings (SSSR count). The molecule has 0 spiro atoms. The van der Waals surface area contributed by atoms with Crippen LogP contribution in [0.1, 0.15) is 30.1 Å². The molecule has 0 atom stereocenters. The molecular weight excluding hydrogens is 233 g/mol. The monoisotopic (exact) mass is 245 g/mol. The van der Waals surface area contributed by atoms with Gasteiger partial charge < -0.3 is 9.32 Å². The first-order valence-corrected chi connectivity index (χ1v) is 5.98. The Bertz CT molecular complexity index is 587. The normalized spacial score (nSPS) is 14.7. The zero-order chi connectivity index (χ0) is 12.5. The van der Waals surface area contributed by atoms with Crippen molar-refractivity contribution in [2.75, 3.05) is 0 Å². The molecule has 4 heteroatoms. The molecule has 0 saturated heterocycles. The number of nitrogens with zero attached hydrogens (tertiary/aromatic N) is 1. The zero-order valence-corrected chi connectivity index (χ0v) is 9.73. The van der Waals surface area contributed by atoms with Crippen molar-refractivity contribution in [2.45, 2.75) is 25.2 Å². The maximum absolute atomic E-state index is 13.8. The van der Waals surface area contributed by atoms with Crippen molar-refractivity contribution in [2.24, 2.45) is 0 Å². The van der Waals surface area contributed by atoms with Gasteiger partial charge in [0.05, 0.1) is 0 Å². The molecule has 1 aliphatic rings. The summed E-state index contributed by atoms with van der Waals surface area (Å²) >= 11 is 0. The van der Waals surface area contributed by atoms with E-state index in [-0.39, 0.29) is 12.2 Å². The molecule has 1 fully saturated rings. The van der Waals surface area contributed by atoms with E-state index >= 15 is 0 Å². The van der Waals surface area contributed by atoms with Crippen LogP contribution in [-0.4, -0.2) is 11.4 Å². The molecule has 1 aromatic carbocycles. The Morgan fingerprint density at radius 2 is 2.17 bits per heavy atom. The van der Waals surface area contributed by atoms with Crippen LogP contribution in [0.3, 0.4) is 0 Å². The second kappa shape index (κ2) is 4.37. The third-order valence-electron chi connectivity index (χ3n) is 3.18. The van der Waals surface area contributed by atoms with Crippen molar-refractivity contribution in [3.63, 3.8) is 0 Å². The van der Waals surface area contributed by atoms with Crippen molar-refractivity contribution in [3.8, 4) is 11.3 Å². The van der Waals surface area contributed by atoms with Crippen LogP contribution < -0.4 is 0 Å². The predicted octanol–water partition coefficient (Wildman–Crippen LogP) is 3.10. The summed E-state index contributed by atoms with van der Waals surface area (Å²) in [5, 5.41) is 3.95. The molecule has 2 aromatic rings. The van der Waals surface area contributed by atoms with Gasteiger partial charge in [-0.3, -0.25) is 0 Å². The van der Waals surface area contributed by atoms with E-state index in [0.29, 0.717) is 17.2 Å². The number of halogens is 1. The van der Waals surface area contributed by atoms with E-state index < -0.39 is 0 Å². The van der Waals surface area contributed by atoms with E-state index in [1.807, 2.05) is 0 Å². The molecule has 92 valence electrons. The fraction of sp³-hybridized carbons (Fsp3) is 0.286. The first-order chi connectivity index (χ1) is 8.81. The molecule has 18 heavy (non-hydrogen) atoms. The third kappa shape index (κ3) is 1.83. The van der Waals surface area contributed by atoms with Gasteiger partial charge >= 0.3 is 0 Å². The Kier molecular flexibility index (Phi) is 2.70. The fourth-order valence-corrected chi connectivity index (χ4v) is 2.13. The fourth-order valence-electron chi connectivity index (χ4n) is 2.13. The second-order valence-electron chi connectivity index (χ2n) is 4.50. The zero-order valence-electron chi connectivity index (χ0n) is 9.73. The molecule has 1 aromatic heterocycles. The van der Waals surface area contributed by atoms with Crippen LogP contribution in [0.15, 0.2) is 28.8 Å². The molecule has 0 amide bonds. The molecular formula is C14H12FNO2. The van der Waals surface area contributed by atoms with Crippen LogP contribution >= 0.6 is 0 Å². The number of carbonyl (C=O) groups is 1. The molecule has 0 radical (unpaired) electrons. The van der Waals surface area contributed by atoms with Crippen LogP contribution in [0.5, 0.6) is 0 Å². The molecule has 1 aliphatic carbocycles. The average Bonchev–Trinajstić information content (AvgIpc) is 3.13. The van der Waals surface area contributed by atoms with Crippen molar-refractivity contribution in [1.82, 2.24) is 5.16 Å². The summed E-state index contributed by atoms with van der Waals surface area (Å²) in [6.45, 7) is 0. The van der Waals surface area contributed by atoms with Gasteiger partial charge in [0.2, 0.25) is 0 Å². The number of aldehydes is 1. The summed E-state index contributed by atoms with van der Waals surface area (Å²) in [5.41, 5.74) is 1.59. The van der Waals surface area contributed by atoms with Crippen molar-refractivity contribution >= 4 is 6.29 Å². The maximum Gasteiger partial charge on any atom is 0.144 e.